The van der Waals surface area contributed by atoms with Crippen LogP contribution in [0.4, 0.5) is 5.13 Å². The van der Waals surface area contributed by atoms with Crippen LogP contribution in [0.5, 0.6) is 0 Å². The summed E-state index contributed by atoms with van der Waals surface area (Å²) in [6.07, 6.45) is 2.74. The summed E-state index contributed by atoms with van der Waals surface area (Å²) in [5.41, 5.74) is 8.13. The van der Waals surface area contributed by atoms with Crippen molar-refractivity contribution in [2.45, 2.75) is 13.3 Å². The molecule has 78 valence electrons. The zero-order valence-corrected chi connectivity index (χ0v) is 10.7. The number of thiazole rings is 1. The molecule has 0 unspecified atom stereocenters. The minimum atomic E-state index is 0.636. The highest BCUT2D eigenvalue weighted by molar-refractivity contribution is 9.10. The third kappa shape index (κ3) is 2.79. The molecule has 1 heterocycles. The highest BCUT2D eigenvalue weighted by Gasteiger charge is 2.02. The van der Waals surface area contributed by atoms with E-state index in [1.165, 1.54) is 16.0 Å². The van der Waals surface area contributed by atoms with Crippen LogP contribution in [0.15, 0.2) is 28.9 Å². The van der Waals surface area contributed by atoms with Crippen molar-refractivity contribution < 1.29 is 0 Å². The molecular weight excluding hydrogens is 272 g/mol. The van der Waals surface area contributed by atoms with Crippen molar-refractivity contribution in [1.82, 2.24) is 4.98 Å². The number of nitrogen functional groups attached to an aromatic ring is 1. The minimum Gasteiger partial charge on any atom is -0.375 e. The molecule has 0 spiro atoms. The number of aryl methyl sites for hydroxylation is 1. The molecular formula is C11H11BrN2S. The highest BCUT2D eigenvalue weighted by Crippen LogP contribution is 2.21. The predicted octanol–water partition coefficient (Wildman–Crippen LogP) is 3.39. The molecule has 2 rings (SSSR count). The first-order valence-electron chi connectivity index (χ1n) is 4.60. The zero-order chi connectivity index (χ0) is 10.8. The van der Waals surface area contributed by atoms with Crippen molar-refractivity contribution in [3.8, 4) is 0 Å². The van der Waals surface area contributed by atoms with Crippen molar-refractivity contribution in [2.24, 2.45) is 0 Å². The Hall–Kier alpha value is -0.870. The first-order chi connectivity index (χ1) is 7.13. The summed E-state index contributed by atoms with van der Waals surface area (Å²) < 4.78 is 1.12. The number of nitrogens with two attached hydrogens (primary N) is 1. The average Bonchev–Trinajstić information content (AvgIpc) is 2.49. The number of hydrogen-bond acceptors (Lipinski definition) is 3. The van der Waals surface area contributed by atoms with Gasteiger partial charge in [0.2, 0.25) is 0 Å². The van der Waals surface area contributed by atoms with Crippen molar-refractivity contribution in [3.63, 3.8) is 0 Å². The molecule has 2 nitrogen and oxygen atoms in total. The molecule has 0 bridgehead atoms. The molecule has 0 fully saturated rings. The topological polar surface area (TPSA) is 38.9 Å². The van der Waals surface area contributed by atoms with Crippen molar-refractivity contribution in [2.75, 3.05) is 5.73 Å². The lowest BCUT2D eigenvalue weighted by Gasteiger charge is -2.01. The lowest BCUT2D eigenvalue weighted by molar-refractivity contribution is 1.20. The Morgan fingerprint density at radius 2 is 2.20 bits per heavy atom. The number of hydrogen-bond donors (Lipinski definition) is 1. The maximum Gasteiger partial charge on any atom is 0.180 e. The molecule has 0 aliphatic carbocycles. The van der Waals surface area contributed by atoms with Gasteiger partial charge in [-0.25, -0.2) is 4.98 Å². The second-order valence-electron chi connectivity index (χ2n) is 3.48. The van der Waals surface area contributed by atoms with Gasteiger partial charge in [0, 0.05) is 22.0 Å². The third-order valence-corrected chi connectivity index (χ3v) is 3.34. The summed E-state index contributed by atoms with van der Waals surface area (Å²) in [5, 5.41) is 0.636. The molecule has 0 atom stereocenters. The number of rotatable bonds is 2. The molecule has 15 heavy (non-hydrogen) atoms. The van der Waals surface area contributed by atoms with E-state index in [0.29, 0.717) is 5.13 Å². The number of anilines is 1. The zero-order valence-electron chi connectivity index (χ0n) is 8.33. The van der Waals surface area contributed by atoms with Crippen LogP contribution in [0.3, 0.4) is 0 Å². The van der Waals surface area contributed by atoms with Gasteiger partial charge >= 0.3 is 0 Å². The van der Waals surface area contributed by atoms with Gasteiger partial charge in [-0.2, -0.15) is 0 Å². The van der Waals surface area contributed by atoms with Crippen LogP contribution in [-0.4, -0.2) is 4.98 Å². The van der Waals surface area contributed by atoms with Gasteiger partial charge in [-0.05, 0) is 30.2 Å². The molecule has 2 aromatic rings. The number of nitrogens with zero attached hydrogens (tertiary/aromatic N) is 1. The molecule has 0 aliphatic heterocycles. The maximum absolute atomic E-state index is 5.59. The molecule has 1 aromatic carbocycles. The van der Waals surface area contributed by atoms with Crippen molar-refractivity contribution >= 4 is 32.4 Å². The lowest BCUT2D eigenvalue weighted by atomic mass is 10.1. The molecule has 0 saturated heterocycles. The fourth-order valence-electron chi connectivity index (χ4n) is 1.52. The van der Waals surface area contributed by atoms with E-state index >= 15 is 0 Å². The van der Waals surface area contributed by atoms with Gasteiger partial charge in [0.1, 0.15) is 0 Å². The fraction of sp³-hybridized carbons (Fsp3) is 0.182. The second-order valence-corrected chi connectivity index (χ2v) is 5.54. The third-order valence-electron chi connectivity index (χ3n) is 2.05. The van der Waals surface area contributed by atoms with Gasteiger partial charge in [0.15, 0.2) is 5.13 Å². The summed E-state index contributed by atoms with van der Waals surface area (Å²) in [5.74, 6) is 0. The maximum atomic E-state index is 5.59. The SMILES string of the molecule is Cc1cc(Br)cc(Cc2cnc(N)s2)c1. The molecule has 0 aliphatic rings. The van der Waals surface area contributed by atoms with E-state index in [2.05, 4.69) is 46.0 Å². The van der Waals surface area contributed by atoms with E-state index in [1.54, 1.807) is 11.3 Å². The molecule has 0 radical (unpaired) electrons. The Kier molecular flexibility index (Phi) is 3.07. The normalized spacial score (nSPS) is 10.5. The van der Waals surface area contributed by atoms with Crippen molar-refractivity contribution in [3.05, 3.63) is 44.9 Å². The van der Waals surface area contributed by atoms with Crippen LogP contribution in [0.25, 0.3) is 0 Å². The Balaban J connectivity index is 2.24. The molecule has 1 aromatic heterocycles. The Labute approximate surface area is 101 Å². The van der Waals surface area contributed by atoms with E-state index < -0.39 is 0 Å². The standard InChI is InChI=1S/C11H11BrN2S/c1-7-2-8(4-9(12)3-7)5-10-6-14-11(13)15-10/h2-4,6H,5H2,1H3,(H2,13,14). The van der Waals surface area contributed by atoms with Gasteiger partial charge in [-0.1, -0.05) is 22.0 Å². The van der Waals surface area contributed by atoms with E-state index in [-0.39, 0.29) is 0 Å². The predicted molar refractivity (Wildman–Crippen MR) is 68.2 cm³/mol. The summed E-state index contributed by atoms with van der Waals surface area (Å²) in [4.78, 5) is 5.24. The van der Waals surface area contributed by atoms with Gasteiger partial charge in [-0.3, -0.25) is 0 Å². The van der Waals surface area contributed by atoms with Gasteiger partial charge < -0.3 is 5.73 Å². The van der Waals surface area contributed by atoms with Crippen LogP contribution >= 0.6 is 27.3 Å². The molecule has 0 saturated carbocycles. The first kappa shape index (κ1) is 10.6. The van der Waals surface area contributed by atoms with Crippen LogP contribution < -0.4 is 5.73 Å². The van der Waals surface area contributed by atoms with E-state index in [9.17, 15) is 0 Å². The minimum absolute atomic E-state index is 0.636. The molecule has 4 heteroatoms. The van der Waals surface area contributed by atoms with Crippen molar-refractivity contribution in [1.29, 1.82) is 0 Å². The quantitative estimate of drug-likeness (QED) is 0.917. The second kappa shape index (κ2) is 4.33. The van der Waals surface area contributed by atoms with E-state index in [1.807, 2.05) is 6.20 Å². The monoisotopic (exact) mass is 282 g/mol. The number of aromatic nitrogens is 1. The van der Waals surface area contributed by atoms with Gasteiger partial charge in [0.25, 0.3) is 0 Å². The van der Waals surface area contributed by atoms with E-state index in [4.69, 9.17) is 5.73 Å². The first-order valence-corrected chi connectivity index (χ1v) is 6.21. The van der Waals surface area contributed by atoms with Crippen LogP contribution in [-0.2, 0) is 6.42 Å². The van der Waals surface area contributed by atoms with Crippen LogP contribution in [0.2, 0.25) is 0 Å². The Bertz CT molecular complexity index is 459. The number of halogens is 1. The summed E-state index contributed by atoms with van der Waals surface area (Å²) in [6.45, 7) is 2.09. The fourth-order valence-corrected chi connectivity index (χ4v) is 2.89. The lowest BCUT2D eigenvalue weighted by Crippen LogP contribution is -1.86. The summed E-state index contributed by atoms with van der Waals surface area (Å²) in [7, 11) is 0. The van der Waals surface area contributed by atoms with Crippen LogP contribution in [0, 0.1) is 6.92 Å². The van der Waals surface area contributed by atoms with Gasteiger partial charge in [-0.15, -0.1) is 11.3 Å². The highest BCUT2D eigenvalue weighted by atomic mass is 79.9. The van der Waals surface area contributed by atoms with Crippen LogP contribution in [0.1, 0.15) is 16.0 Å². The smallest absolute Gasteiger partial charge is 0.180 e. The van der Waals surface area contributed by atoms with Gasteiger partial charge in [0.05, 0.1) is 0 Å². The Morgan fingerprint density at radius 1 is 1.40 bits per heavy atom. The van der Waals surface area contributed by atoms with E-state index in [0.717, 1.165) is 10.9 Å². The Morgan fingerprint density at radius 3 is 2.80 bits per heavy atom. The largest absolute Gasteiger partial charge is 0.375 e. The molecule has 0 amide bonds. The molecule has 2 N–H and O–H groups in total. The summed E-state index contributed by atoms with van der Waals surface area (Å²) >= 11 is 5.04. The average molecular weight is 283 g/mol. The number of benzene rings is 1. The summed E-state index contributed by atoms with van der Waals surface area (Å²) in [6, 6.07) is 6.41.